The van der Waals surface area contributed by atoms with E-state index in [2.05, 4.69) is 19.9 Å². The zero-order chi connectivity index (χ0) is 17.1. The smallest absolute Gasteiger partial charge is 0.225 e. The highest BCUT2D eigenvalue weighted by Gasteiger charge is 2.32. The number of hydrogen-bond acceptors (Lipinski definition) is 5. The monoisotopic (exact) mass is 329 g/mol. The fourth-order valence-corrected chi connectivity index (χ4v) is 3.07. The Morgan fingerprint density at radius 2 is 2.25 bits per heavy atom. The van der Waals surface area contributed by atoms with Crippen LogP contribution in [-0.4, -0.2) is 51.0 Å². The first-order valence-electron chi connectivity index (χ1n) is 8.24. The summed E-state index contributed by atoms with van der Waals surface area (Å²) >= 11 is 0. The van der Waals surface area contributed by atoms with Gasteiger partial charge >= 0.3 is 0 Å². The molecule has 3 rings (SSSR count). The quantitative estimate of drug-likeness (QED) is 0.909. The average molecular weight is 329 g/mol. The molecule has 1 atom stereocenters. The molecule has 24 heavy (non-hydrogen) atoms. The number of aromatic amines is 1. The normalized spacial score (nSPS) is 17.5. The third-order valence-corrected chi connectivity index (χ3v) is 4.21. The van der Waals surface area contributed by atoms with Crippen LogP contribution in [0.4, 0.5) is 0 Å². The Balaban J connectivity index is 1.88. The van der Waals surface area contributed by atoms with Gasteiger partial charge in [0.05, 0.1) is 19.1 Å². The number of nitrogens with zero attached hydrogens (tertiary/aromatic N) is 4. The van der Waals surface area contributed by atoms with E-state index in [1.807, 2.05) is 24.8 Å². The maximum atomic E-state index is 12.4. The predicted octanol–water partition coefficient (Wildman–Crippen LogP) is 2.18. The van der Waals surface area contributed by atoms with Crippen LogP contribution in [0.3, 0.4) is 0 Å². The Morgan fingerprint density at radius 1 is 1.42 bits per heavy atom. The summed E-state index contributed by atoms with van der Waals surface area (Å²) in [4.78, 5) is 31.1. The molecule has 2 aromatic rings. The van der Waals surface area contributed by atoms with Crippen LogP contribution in [0.15, 0.2) is 12.3 Å². The summed E-state index contributed by atoms with van der Waals surface area (Å²) in [6.07, 6.45) is 4.03. The summed E-state index contributed by atoms with van der Waals surface area (Å²) in [5, 5.41) is 0. The number of likely N-dealkylation sites (tertiary alicyclic amines) is 1. The number of carbonyl (C=O) groups is 1. The molecule has 3 heterocycles. The molecular formula is C17H23N5O2. The first kappa shape index (κ1) is 16.6. The number of amides is 1. The van der Waals surface area contributed by atoms with Crippen LogP contribution >= 0.6 is 0 Å². The number of imidazole rings is 1. The van der Waals surface area contributed by atoms with Crippen LogP contribution in [0.25, 0.3) is 11.5 Å². The number of ether oxygens (including phenoxy) is 1. The molecule has 1 fully saturated rings. The molecule has 2 aromatic heterocycles. The average Bonchev–Trinajstić information content (AvgIpc) is 3.21. The molecule has 1 amide bonds. The van der Waals surface area contributed by atoms with Crippen LogP contribution in [0, 0.1) is 13.8 Å². The number of carbonyl (C=O) groups excluding carboxylic acids is 1. The van der Waals surface area contributed by atoms with E-state index in [1.54, 1.807) is 13.3 Å². The second kappa shape index (κ2) is 7.09. The van der Waals surface area contributed by atoms with Crippen molar-refractivity contribution >= 4 is 5.91 Å². The van der Waals surface area contributed by atoms with Crippen LogP contribution in [0.5, 0.6) is 0 Å². The van der Waals surface area contributed by atoms with Crippen molar-refractivity contribution in [2.45, 2.75) is 39.2 Å². The first-order chi connectivity index (χ1) is 11.6. The van der Waals surface area contributed by atoms with Crippen molar-refractivity contribution in [3.8, 4) is 11.5 Å². The SMILES string of the molecule is COCCC(=O)N1CCCC1c1nc(C)cc(-c2ncc(C)[nH]2)n1. The summed E-state index contributed by atoms with van der Waals surface area (Å²) in [6.45, 7) is 5.09. The molecule has 1 aliphatic rings. The van der Waals surface area contributed by atoms with Crippen molar-refractivity contribution in [1.82, 2.24) is 24.8 Å². The number of H-pyrrole nitrogens is 1. The van der Waals surface area contributed by atoms with Gasteiger partial charge < -0.3 is 14.6 Å². The van der Waals surface area contributed by atoms with E-state index in [1.165, 1.54) is 0 Å². The van der Waals surface area contributed by atoms with Gasteiger partial charge in [-0.2, -0.15) is 0 Å². The van der Waals surface area contributed by atoms with Crippen LogP contribution in [0.1, 0.15) is 42.5 Å². The zero-order valence-corrected chi connectivity index (χ0v) is 14.4. The molecule has 7 nitrogen and oxygen atoms in total. The van der Waals surface area contributed by atoms with Gasteiger partial charge in [-0.1, -0.05) is 0 Å². The molecule has 0 bridgehead atoms. The Hall–Kier alpha value is -2.28. The first-order valence-corrected chi connectivity index (χ1v) is 8.24. The van der Waals surface area contributed by atoms with E-state index in [4.69, 9.17) is 4.74 Å². The van der Waals surface area contributed by atoms with Crippen LogP contribution in [-0.2, 0) is 9.53 Å². The summed E-state index contributed by atoms with van der Waals surface area (Å²) in [7, 11) is 1.61. The van der Waals surface area contributed by atoms with Gasteiger partial charge in [0.1, 0.15) is 5.69 Å². The molecule has 0 saturated carbocycles. The van der Waals surface area contributed by atoms with Gasteiger partial charge in [0, 0.05) is 31.2 Å². The fraction of sp³-hybridized carbons (Fsp3) is 0.529. The molecule has 1 saturated heterocycles. The molecule has 1 N–H and O–H groups in total. The lowest BCUT2D eigenvalue weighted by Gasteiger charge is -2.24. The molecule has 7 heteroatoms. The summed E-state index contributed by atoms with van der Waals surface area (Å²) < 4.78 is 5.02. The summed E-state index contributed by atoms with van der Waals surface area (Å²) in [5.41, 5.74) is 2.63. The van der Waals surface area contributed by atoms with Crippen molar-refractivity contribution in [3.05, 3.63) is 29.5 Å². The number of hydrogen-bond donors (Lipinski definition) is 1. The third kappa shape index (κ3) is 3.46. The fourth-order valence-electron chi connectivity index (χ4n) is 3.07. The maximum absolute atomic E-state index is 12.4. The van der Waals surface area contributed by atoms with E-state index >= 15 is 0 Å². The largest absolute Gasteiger partial charge is 0.384 e. The lowest BCUT2D eigenvalue weighted by Crippen LogP contribution is -2.32. The Labute approximate surface area is 141 Å². The van der Waals surface area contributed by atoms with E-state index < -0.39 is 0 Å². The molecule has 0 radical (unpaired) electrons. The van der Waals surface area contributed by atoms with Crippen molar-refractivity contribution in [1.29, 1.82) is 0 Å². The second-order valence-corrected chi connectivity index (χ2v) is 6.16. The van der Waals surface area contributed by atoms with Crippen LogP contribution in [0.2, 0.25) is 0 Å². The summed E-state index contributed by atoms with van der Waals surface area (Å²) in [6, 6.07) is 1.84. The van der Waals surface area contributed by atoms with Gasteiger partial charge in [0.2, 0.25) is 5.91 Å². The Morgan fingerprint density at radius 3 is 2.96 bits per heavy atom. The molecule has 1 unspecified atom stereocenters. The van der Waals surface area contributed by atoms with Gasteiger partial charge in [-0.25, -0.2) is 15.0 Å². The minimum atomic E-state index is -0.0657. The van der Waals surface area contributed by atoms with Gasteiger partial charge in [-0.05, 0) is 32.8 Å². The molecule has 0 spiro atoms. The van der Waals surface area contributed by atoms with E-state index in [-0.39, 0.29) is 11.9 Å². The van der Waals surface area contributed by atoms with Crippen molar-refractivity contribution in [3.63, 3.8) is 0 Å². The topological polar surface area (TPSA) is 84.0 Å². The number of methoxy groups -OCH3 is 1. The Bertz CT molecular complexity index is 728. The van der Waals surface area contributed by atoms with Gasteiger partial charge in [0.15, 0.2) is 11.6 Å². The summed E-state index contributed by atoms with van der Waals surface area (Å²) in [5.74, 6) is 1.52. The van der Waals surface area contributed by atoms with Crippen molar-refractivity contribution < 1.29 is 9.53 Å². The maximum Gasteiger partial charge on any atom is 0.225 e. The van der Waals surface area contributed by atoms with Crippen molar-refractivity contribution in [2.75, 3.05) is 20.3 Å². The number of rotatable bonds is 5. The van der Waals surface area contributed by atoms with Gasteiger partial charge in [0.25, 0.3) is 0 Å². The van der Waals surface area contributed by atoms with Gasteiger partial charge in [-0.3, -0.25) is 4.79 Å². The highest BCUT2D eigenvalue weighted by molar-refractivity contribution is 5.77. The van der Waals surface area contributed by atoms with E-state index in [0.29, 0.717) is 18.9 Å². The molecule has 1 aliphatic heterocycles. The minimum Gasteiger partial charge on any atom is -0.384 e. The van der Waals surface area contributed by atoms with Crippen LogP contribution < -0.4 is 0 Å². The standard InChI is InChI=1S/C17H23N5O2/c1-11-9-13(16-18-10-12(2)20-16)21-17(19-11)14-5-4-7-22(14)15(23)6-8-24-3/h9-10,14H,4-8H2,1-3H3,(H,18,20). The number of aromatic nitrogens is 4. The third-order valence-electron chi connectivity index (χ3n) is 4.21. The molecule has 128 valence electrons. The highest BCUT2D eigenvalue weighted by Crippen LogP contribution is 2.31. The molecular weight excluding hydrogens is 306 g/mol. The second-order valence-electron chi connectivity index (χ2n) is 6.16. The minimum absolute atomic E-state index is 0.0657. The number of aryl methyl sites for hydroxylation is 2. The molecule has 0 aromatic carbocycles. The Kier molecular flexibility index (Phi) is 4.89. The predicted molar refractivity (Wildman–Crippen MR) is 89.3 cm³/mol. The lowest BCUT2D eigenvalue weighted by atomic mass is 10.2. The molecule has 0 aliphatic carbocycles. The van der Waals surface area contributed by atoms with E-state index in [0.717, 1.165) is 42.3 Å². The lowest BCUT2D eigenvalue weighted by molar-refractivity contribution is -0.133. The highest BCUT2D eigenvalue weighted by atomic mass is 16.5. The number of nitrogens with one attached hydrogen (secondary N) is 1. The van der Waals surface area contributed by atoms with Gasteiger partial charge in [-0.15, -0.1) is 0 Å². The van der Waals surface area contributed by atoms with Crippen molar-refractivity contribution in [2.24, 2.45) is 0 Å². The van der Waals surface area contributed by atoms with E-state index in [9.17, 15) is 4.79 Å². The zero-order valence-electron chi connectivity index (χ0n) is 14.4.